The number of nitrogens with zero attached hydrogens (tertiary/aromatic N) is 3. The number of halogens is 1. The summed E-state index contributed by atoms with van der Waals surface area (Å²) >= 11 is 0. The fourth-order valence-corrected chi connectivity index (χ4v) is 1.29. The number of rotatable bonds is 3. The molecular weight excluding hydrogens is 229 g/mol. The number of aromatic carboxylic acids is 1. The Hall–Kier alpha value is -2.44. The zero-order chi connectivity index (χ0) is 12.4. The second kappa shape index (κ2) is 4.20. The average molecular weight is 237 g/mol. The Labute approximate surface area is 95.2 Å². The maximum atomic E-state index is 13.4. The zero-order valence-electron chi connectivity index (χ0n) is 8.79. The molecule has 0 saturated carbocycles. The van der Waals surface area contributed by atoms with Crippen molar-refractivity contribution in [3.05, 3.63) is 35.9 Å². The lowest BCUT2D eigenvalue weighted by molar-refractivity contribution is 0.0690. The molecule has 6 nitrogen and oxygen atoms in total. The minimum Gasteiger partial charge on any atom is -0.494 e. The molecule has 1 N–H and O–H groups in total. The number of methoxy groups -OCH3 is 1. The van der Waals surface area contributed by atoms with Gasteiger partial charge in [0, 0.05) is 6.07 Å². The molecule has 0 aliphatic heterocycles. The van der Waals surface area contributed by atoms with Crippen molar-refractivity contribution in [3.63, 3.8) is 0 Å². The van der Waals surface area contributed by atoms with Gasteiger partial charge in [-0.2, -0.15) is 0 Å². The number of hydrogen-bond donors (Lipinski definition) is 1. The first kappa shape index (κ1) is 11.1. The second-order valence-electron chi connectivity index (χ2n) is 3.17. The minimum absolute atomic E-state index is 0.104. The van der Waals surface area contributed by atoms with E-state index >= 15 is 0 Å². The van der Waals surface area contributed by atoms with Crippen molar-refractivity contribution >= 4 is 5.97 Å². The van der Waals surface area contributed by atoms with Crippen LogP contribution < -0.4 is 4.74 Å². The van der Waals surface area contributed by atoms with Gasteiger partial charge in [0.05, 0.1) is 19.0 Å². The summed E-state index contributed by atoms with van der Waals surface area (Å²) in [4.78, 5) is 10.6. The van der Waals surface area contributed by atoms with Gasteiger partial charge in [-0.3, -0.25) is 0 Å². The maximum Gasteiger partial charge on any atom is 0.358 e. The van der Waals surface area contributed by atoms with Crippen molar-refractivity contribution in [3.8, 4) is 11.4 Å². The van der Waals surface area contributed by atoms with Crippen LogP contribution in [0.1, 0.15) is 10.5 Å². The Morgan fingerprint density at radius 3 is 2.82 bits per heavy atom. The molecule has 0 aliphatic rings. The van der Waals surface area contributed by atoms with Crippen LogP contribution in [0.2, 0.25) is 0 Å². The molecule has 0 saturated heterocycles. The summed E-state index contributed by atoms with van der Waals surface area (Å²) in [5.74, 6) is -1.64. The van der Waals surface area contributed by atoms with Crippen molar-refractivity contribution in [1.82, 2.24) is 15.0 Å². The van der Waals surface area contributed by atoms with Gasteiger partial charge in [0.2, 0.25) is 0 Å². The highest BCUT2D eigenvalue weighted by Gasteiger charge is 2.10. The molecule has 0 radical (unpaired) electrons. The lowest BCUT2D eigenvalue weighted by Gasteiger charge is -2.04. The molecule has 0 amide bonds. The summed E-state index contributed by atoms with van der Waals surface area (Å²) in [7, 11) is 1.36. The van der Waals surface area contributed by atoms with Crippen LogP contribution in [0.15, 0.2) is 24.4 Å². The van der Waals surface area contributed by atoms with Crippen LogP contribution in [-0.2, 0) is 0 Å². The summed E-state index contributed by atoms with van der Waals surface area (Å²) in [6, 6.07) is 4.15. The van der Waals surface area contributed by atoms with Crippen molar-refractivity contribution in [2.75, 3.05) is 7.11 Å². The van der Waals surface area contributed by atoms with E-state index in [4.69, 9.17) is 9.84 Å². The first-order valence-corrected chi connectivity index (χ1v) is 4.61. The summed E-state index contributed by atoms with van der Waals surface area (Å²) in [5, 5.41) is 15.7. The van der Waals surface area contributed by atoms with Gasteiger partial charge in [-0.05, 0) is 12.1 Å². The van der Waals surface area contributed by atoms with Crippen LogP contribution in [0, 0.1) is 5.82 Å². The van der Waals surface area contributed by atoms with Crippen molar-refractivity contribution < 1.29 is 19.0 Å². The molecule has 1 aromatic heterocycles. The van der Waals surface area contributed by atoms with Crippen LogP contribution in [0.5, 0.6) is 5.75 Å². The lowest BCUT2D eigenvalue weighted by atomic mass is 10.3. The SMILES string of the molecule is COc1ccc(-n2cc(C(=O)O)nn2)cc1F. The zero-order valence-corrected chi connectivity index (χ0v) is 8.79. The van der Waals surface area contributed by atoms with E-state index in [1.54, 1.807) is 6.07 Å². The van der Waals surface area contributed by atoms with Gasteiger partial charge in [-0.15, -0.1) is 5.10 Å². The first-order valence-electron chi connectivity index (χ1n) is 4.61. The van der Waals surface area contributed by atoms with Gasteiger partial charge in [0.25, 0.3) is 0 Å². The number of benzene rings is 1. The van der Waals surface area contributed by atoms with Crippen LogP contribution in [0.3, 0.4) is 0 Å². The monoisotopic (exact) mass is 237 g/mol. The van der Waals surface area contributed by atoms with E-state index in [0.29, 0.717) is 5.69 Å². The maximum absolute atomic E-state index is 13.4. The van der Waals surface area contributed by atoms with Crippen molar-refractivity contribution in [2.24, 2.45) is 0 Å². The number of carboxylic acid groups (broad SMARTS) is 1. The van der Waals surface area contributed by atoms with E-state index in [9.17, 15) is 9.18 Å². The number of carboxylic acids is 1. The van der Waals surface area contributed by atoms with Crippen molar-refractivity contribution in [2.45, 2.75) is 0 Å². The molecule has 2 aromatic rings. The van der Waals surface area contributed by atoms with Gasteiger partial charge in [0.15, 0.2) is 17.3 Å². The molecule has 0 fully saturated rings. The van der Waals surface area contributed by atoms with Gasteiger partial charge in [-0.25, -0.2) is 13.9 Å². The Morgan fingerprint density at radius 2 is 2.29 bits per heavy atom. The van der Waals surface area contributed by atoms with Gasteiger partial charge in [-0.1, -0.05) is 5.21 Å². The van der Waals surface area contributed by atoms with E-state index < -0.39 is 11.8 Å². The largest absolute Gasteiger partial charge is 0.494 e. The molecule has 0 aliphatic carbocycles. The van der Waals surface area contributed by atoms with Gasteiger partial charge in [0.1, 0.15) is 0 Å². The normalized spacial score (nSPS) is 10.2. The van der Waals surface area contributed by atoms with Crippen LogP contribution in [-0.4, -0.2) is 33.2 Å². The molecular formula is C10H8FN3O3. The number of aromatic nitrogens is 3. The third-order valence-corrected chi connectivity index (χ3v) is 2.11. The third kappa shape index (κ3) is 2.07. The minimum atomic E-state index is -1.19. The predicted octanol–water partition coefficient (Wildman–Crippen LogP) is 1.11. The van der Waals surface area contributed by atoms with E-state index in [-0.39, 0.29) is 11.4 Å². The van der Waals surface area contributed by atoms with Crippen LogP contribution in [0.4, 0.5) is 4.39 Å². The van der Waals surface area contributed by atoms with E-state index in [1.807, 2.05) is 0 Å². The first-order chi connectivity index (χ1) is 8.11. The van der Waals surface area contributed by atoms with E-state index in [1.165, 1.54) is 30.1 Å². The fraction of sp³-hybridized carbons (Fsp3) is 0.100. The highest BCUT2D eigenvalue weighted by Crippen LogP contribution is 2.19. The van der Waals surface area contributed by atoms with Crippen molar-refractivity contribution in [1.29, 1.82) is 0 Å². The summed E-state index contributed by atoms with van der Waals surface area (Å²) < 4.78 is 19.3. The highest BCUT2D eigenvalue weighted by atomic mass is 19.1. The van der Waals surface area contributed by atoms with Crippen LogP contribution >= 0.6 is 0 Å². The number of ether oxygens (including phenoxy) is 1. The molecule has 0 atom stereocenters. The quantitative estimate of drug-likeness (QED) is 0.865. The molecule has 0 unspecified atom stereocenters. The van der Waals surface area contributed by atoms with E-state index in [2.05, 4.69) is 10.3 Å². The molecule has 7 heteroatoms. The number of carbonyl (C=O) groups is 1. The van der Waals surface area contributed by atoms with Crippen LogP contribution in [0.25, 0.3) is 5.69 Å². The summed E-state index contributed by atoms with van der Waals surface area (Å²) in [6.07, 6.45) is 1.20. The Morgan fingerprint density at radius 1 is 1.53 bits per heavy atom. The van der Waals surface area contributed by atoms with Gasteiger partial charge >= 0.3 is 5.97 Å². The average Bonchev–Trinajstić information content (AvgIpc) is 2.78. The molecule has 88 valence electrons. The predicted molar refractivity (Wildman–Crippen MR) is 54.8 cm³/mol. The topological polar surface area (TPSA) is 77.2 Å². The van der Waals surface area contributed by atoms with E-state index in [0.717, 1.165) is 0 Å². The smallest absolute Gasteiger partial charge is 0.358 e. The third-order valence-electron chi connectivity index (χ3n) is 2.11. The molecule has 0 spiro atoms. The summed E-state index contributed by atoms with van der Waals surface area (Å²) in [6.45, 7) is 0. The number of hydrogen-bond acceptors (Lipinski definition) is 4. The highest BCUT2D eigenvalue weighted by molar-refractivity contribution is 5.84. The van der Waals surface area contributed by atoms with Gasteiger partial charge < -0.3 is 9.84 Å². The lowest BCUT2D eigenvalue weighted by Crippen LogP contribution is -1.97. The Kier molecular flexibility index (Phi) is 2.73. The fourth-order valence-electron chi connectivity index (χ4n) is 1.29. The molecule has 1 heterocycles. The second-order valence-corrected chi connectivity index (χ2v) is 3.17. The standard InChI is InChI=1S/C10H8FN3O3/c1-17-9-3-2-6(4-7(9)11)14-5-8(10(15)16)12-13-14/h2-5H,1H3,(H,15,16). The molecule has 0 bridgehead atoms. The Balaban J connectivity index is 2.39. The molecule has 1 aromatic carbocycles. The summed E-state index contributed by atoms with van der Waals surface area (Å²) in [5.41, 5.74) is 0.157. The molecule has 2 rings (SSSR count). The molecule has 17 heavy (non-hydrogen) atoms. The Bertz CT molecular complexity index is 568.